The zero-order chi connectivity index (χ0) is 20.1. The summed E-state index contributed by atoms with van der Waals surface area (Å²) in [4.78, 5) is 14.5. The van der Waals surface area contributed by atoms with Gasteiger partial charge in [-0.3, -0.25) is 4.79 Å². The summed E-state index contributed by atoms with van der Waals surface area (Å²) in [6.07, 6.45) is -3.94. The van der Waals surface area contributed by atoms with Crippen LogP contribution in [-0.4, -0.2) is 36.8 Å². The van der Waals surface area contributed by atoms with E-state index in [9.17, 15) is 18.0 Å². The van der Waals surface area contributed by atoms with Gasteiger partial charge in [-0.2, -0.15) is 0 Å². The van der Waals surface area contributed by atoms with Gasteiger partial charge in [0, 0.05) is 25.4 Å². The number of alkyl halides is 3. The quantitative estimate of drug-likeness (QED) is 0.752. The highest BCUT2D eigenvalue weighted by Gasteiger charge is 2.35. The zero-order valence-electron chi connectivity index (χ0n) is 15.8. The molecule has 158 valence electrons. The van der Waals surface area contributed by atoms with Crippen LogP contribution in [0.5, 0.6) is 5.75 Å². The van der Waals surface area contributed by atoms with E-state index in [0.717, 1.165) is 5.56 Å². The van der Waals surface area contributed by atoms with E-state index >= 15 is 0 Å². The highest BCUT2D eigenvalue weighted by molar-refractivity contribution is 5.85. The molecule has 1 aliphatic heterocycles. The smallest absolute Gasteiger partial charge is 0.406 e. The second-order valence-corrected chi connectivity index (χ2v) is 7.00. The van der Waals surface area contributed by atoms with E-state index in [4.69, 9.17) is 5.73 Å². The fourth-order valence-electron chi connectivity index (χ4n) is 3.66. The minimum atomic E-state index is -4.71. The molecule has 0 bridgehead atoms. The Bertz CT molecular complexity index is 785. The fraction of sp³-hybridized carbons (Fsp3) is 0.381. The first-order valence-corrected chi connectivity index (χ1v) is 9.23. The molecule has 2 aromatic carbocycles. The maximum atomic E-state index is 12.6. The number of carbonyl (C=O) groups is 1. The number of benzene rings is 2. The lowest BCUT2D eigenvalue weighted by Gasteiger charge is -2.17. The van der Waals surface area contributed by atoms with Crippen molar-refractivity contribution in [3.8, 4) is 5.75 Å². The molecule has 1 heterocycles. The monoisotopic (exact) mass is 428 g/mol. The second kappa shape index (κ2) is 9.98. The lowest BCUT2D eigenvalue weighted by molar-refractivity contribution is -0.274. The molecule has 4 nitrogen and oxygen atoms in total. The van der Waals surface area contributed by atoms with Gasteiger partial charge < -0.3 is 15.4 Å². The molecule has 1 saturated heterocycles. The Hall–Kier alpha value is -2.25. The van der Waals surface area contributed by atoms with Gasteiger partial charge in [-0.25, -0.2) is 0 Å². The summed E-state index contributed by atoms with van der Waals surface area (Å²) in [7, 11) is 0. The molecule has 0 saturated carbocycles. The molecule has 29 heavy (non-hydrogen) atoms. The fourth-order valence-corrected chi connectivity index (χ4v) is 3.66. The molecule has 8 heteroatoms. The molecule has 1 amide bonds. The predicted molar refractivity (Wildman–Crippen MR) is 107 cm³/mol. The Morgan fingerprint density at radius 1 is 1.07 bits per heavy atom. The number of ether oxygens (including phenoxy) is 1. The number of hydrogen-bond acceptors (Lipinski definition) is 3. The summed E-state index contributed by atoms with van der Waals surface area (Å²) >= 11 is 0. The highest BCUT2D eigenvalue weighted by Crippen LogP contribution is 2.32. The van der Waals surface area contributed by atoms with E-state index in [1.807, 2.05) is 23.1 Å². The van der Waals surface area contributed by atoms with Crippen molar-refractivity contribution in [1.82, 2.24) is 4.90 Å². The number of amides is 1. The van der Waals surface area contributed by atoms with Gasteiger partial charge >= 0.3 is 6.36 Å². The van der Waals surface area contributed by atoms with Crippen LogP contribution < -0.4 is 10.5 Å². The highest BCUT2D eigenvalue weighted by atomic mass is 35.5. The van der Waals surface area contributed by atoms with Gasteiger partial charge in [-0.05, 0) is 42.1 Å². The lowest BCUT2D eigenvalue weighted by atomic mass is 9.89. The molecular weight excluding hydrogens is 405 g/mol. The molecule has 0 spiro atoms. The first kappa shape index (κ1) is 23.0. The van der Waals surface area contributed by atoms with Crippen LogP contribution in [-0.2, 0) is 11.2 Å². The maximum Gasteiger partial charge on any atom is 0.573 e. The Labute approximate surface area is 174 Å². The van der Waals surface area contributed by atoms with Crippen LogP contribution in [0.4, 0.5) is 13.2 Å². The van der Waals surface area contributed by atoms with Crippen LogP contribution in [0.3, 0.4) is 0 Å². The van der Waals surface area contributed by atoms with Crippen LogP contribution in [0.15, 0.2) is 54.6 Å². The van der Waals surface area contributed by atoms with E-state index in [-0.39, 0.29) is 35.9 Å². The molecule has 3 rings (SSSR count). The summed E-state index contributed by atoms with van der Waals surface area (Å²) in [5.74, 6) is 0.227. The molecule has 2 atom stereocenters. The Balaban J connectivity index is 0.00000300. The summed E-state index contributed by atoms with van der Waals surface area (Å²) in [5, 5.41) is 0. The van der Waals surface area contributed by atoms with Gasteiger partial charge in [0.05, 0.1) is 0 Å². The van der Waals surface area contributed by atoms with Gasteiger partial charge in [-0.15, -0.1) is 25.6 Å². The minimum Gasteiger partial charge on any atom is -0.406 e. The largest absolute Gasteiger partial charge is 0.573 e. The molecule has 2 N–H and O–H groups in total. The van der Waals surface area contributed by atoms with Crippen LogP contribution in [0, 0.1) is 5.92 Å². The third-order valence-corrected chi connectivity index (χ3v) is 5.11. The standard InChI is InChI=1S/C21H23F3N2O2.ClH/c22-21(23,24)28-18-9-6-15(7-10-18)8-11-20(27)26-13-17(12-25)19(14-26)16-4-2-1-3-5-16;/h1-7,9-10,17,19H,8,11-14,25H2;1H/t17-,19+;/m1./s1. The molecule has 0 aromatic heterocycles. The van der Waals surface area contributed by atoms with Gasteiger partial charge in [0.15, 0.2) is 0 Å². The van der Waals surface area contributed by atoms with Crippen molar-refractivity contribution >= 4 is 18.3 Å². The first-order valence-electron chi connectivity index (χ1n) is 9.23. The first-order chi connectivity index (χ1) is 13.4. The number of nitrogens with zero attached hydrogens (tertiary/aromatic N) is 1. The van der Waals surface area contributed by atoms with E-state index in [2.05, 4.69) is 16.9 Å². The second-order valence-electron chi connectivity index (χ2n) is 7.00. The number of nitrogens with two attached hydrogens (primary N) is 1. The summed E-state index contributed by atoms with van der Waals surface area (Å²) in [5.41, 5.74) is 7.89. The van der Waals surface area contributed by atoms with Gasteiger partial charge in [0.1, 0.15) is 5.75 Å². The van der Waals surface area contributed by atoms with Gasteiger partial charge in [0.25, 0.3) is 0 Å². The molecular formula is C21H24ClF3N2O2. The van der Waals surface area contributed by atoms with Crippen molar-refractivity contribution in [2.45, 2.75) is 25.1 Å². The van der Waals surface area contributed by atoms with Crippen LogP contribution in [0.2, 0.25) is 0 Å². The maximum absolute atomic E-state index is 12.6. The average Bonchev–Trinajstić information content (AvgIpc) is 3.11. The van der Waals surface area contributed by atoms with Gasteiger partial charge in [0.2, 0.25) is 5.91 Å². The normalized spacial score (nSPS) is 19.0. The third kappa shape index (κ3) is 6.37. The Morgan fingerprint density at radius 2 is 1.72 bits per heavy atom. The number of carbonyl (C=O) groups excluding carboxylic acids is 1. The molecule has 0 radical (unpaired) electrons. The number of halogens is 4. The van der Waals surface area contributed by atoms with E-state index in [0.29, 0.717) is 32.5 Å². The molecule has 1 aliphatic rings. The molecule has 0 unspecified atom stereocenters. The van der Waals surface area contributed by atoms with E-state index in [1.54, 1.807) is 12.1 Å². The molecule has 2 aromatic rings. The number of likely N-dealkylation sites (tertiary alicyclic amines) is 1. The number of hydrogen-bond donors (Lipinski definition) is 1. The predicted octanol–water partition coefficient (Wildman–Crippen LogP) is 4.14. The van der Waals surface area contributed by atoms with Crippen molar-refractivity contribution in [2.75, 3.05) is 19.6 Å². The zero-order valence-corrected chi connectivity index (χ0v) is 16.6. The van der Waals surface area contributed by atoms with Crippen molar-refractivity contribution in [3.63, 3.8) is 0 Å². The topological polar surface area (TPSA) is 55.6 Å². The van der Waals surface area contributed by atoms with Crippen molar-refractivity contribution in [2.24, 2.45) is 11.7 Å². The lowest BCUT2D eigenvalue weighted by Crippen LogP contribution is -2.30. The van der Waals surface area contributed by atoms with Crippen molar-refractivity contribution in [3.05, 3.63) is 65.7 Å². The SMILES string of the molecule is Cl.NC[C@@H]1CN(C(=O)CCc2ccc(OC(F)(F)F)cc2)C[C@H]1c1ccccc1. The van der Waals surface area contributed by atoms with Crippen LogP contribution in [0.1, 0.15) is 23.5 Å². The average molecular weight is 429 g/mol. The van der Waals surface area contributed by atoms with Crippen LogP contribution >= 0.6 is 12.4 Å². The van der Waals surface area contributed by atoms with Crippen LogP contribution in [0.25, 0.3) is 0 Å². The van der Waals surface area contributed by atoms with Gasteiger partial charge in [-0.1, -0.05) is 42.5 Å². The summed E-state index contributed by atoms with van der Waals surface area (Å²) < 4.78 is 40.5. The Morgan fingerprint density at radius 3 is 2.31 bits per heavy atom. The van der Waals surface area contributed by atoms with Crippen molar-refractivity contribution in [1.29, 1.82) is 0 Å². The number of rotatable bonds is 6. The van der Waals surface area contributed by atoms with Crippen molar-refractivity contribution < 1.29 is 22.7 Å². The molecule has 0 aliphatic carbocycles. The number of aryl methyl sites for hydroxylation is 1. The van der Waals surface area contributed by atoms with E-state index < -0.39 is 6.36 Å². The minimum absolute atomic E-state index is 0. The van der Waals surface area contributed by atoms with E-state index in [1.165, 1.54) is 17.7 Å². The Kier molecular flexibility index (Phi) is 7.93. The summed E-state index contributed by atoms with van der Waals surface area (Å²) in [6, 6.07) is 15.7. The molecule has 1 fully saturated rings. The third-order valence-electron chi connectivity index (χ3n) is 5.11. The summed E-state index contributed by atoms with van der Waals surface area (Å²) in [6.45, 7) is 1.79.